The number of phenolic OH excluding ortho intramolecular Hbond substituents is 1. The smallest absolute Gasteiger partial charge is 0.272 e. The van der Waals surface area contributed by atoms with Crippen LogP contribution in [-0.2, 0) is 12.8 Å². The van der Waals surface area contributed by atoms with Crippen LogP contribution in [0.5, 0.6) is 11.5 Å². The SMILES string of the molecule is COc1cc(/C=N/NC(=O)c2c3c(nc4ccccc24)CCCC3)ccc1O. The lowest BCUT2D eigenvalue weighted by molar-refractivity contribution is 0.0955. The van der Waals surface area contributed by atoms with E-state index >= 15 is 0 Å². The molecule has 4 rings (SSSR count). The maximum absolute atomic E-state index is 13.0. The number of carbonyl (C=O) groups is 1. The maximum Gasteiger partial charge on any atom is 0.272 e. The van der Waals surface area contributed by atoms with E-state index in [0.717, 1.165) is 47.8 Å². The van der Waals surface area contributed by atoms with E-state index < -0.39 is 0 Å². The zero-order chi connectivity index (χ0) is 19.5. The molecule has 0 unspecified atom stereocenters. The Morgan fingerprint density at radius 2 is 2.04 bits per heavy atom. The quantitative estimate of drug-likeness (QED) is 0.539. The lowest BCUT2D eigenvalue weighted by atomic mass is 9.89. The largest absolute Gasteiger partial charge is 0.504 e. The molecule has 0 saturated heterocycles. The number of para-hydroxylation sites is 1. The van der Waals surface area contributed by atoms with E-state index in [1.54, 1.807) is 12.1 Å². The van der Waals surface area contributed by atoms with Crippen LogP contribution in [0.25, 0.3) is 10.9 Å². The maximum atomic E-state index is 13.0. The molecule has 0 bridgehead atoms. The number of aromatic hydroxyl groups is 1. The van der Waals surface area contributed by atoms with Crippen LogP contribution in [0, 0.1) is 0 Å². The summed E-state index contributed by atoms with van der Waals surface area (Å²) >= 11 is 0. The molecule has 0 radical (unpaired) electrons. The van der Waals surface area contributed by atoms with Gasteiger partial charge in [0.2, 0.25) is 0 Å². The number of methoxy groups -OCH3 is 1. The zero-order valence-corrected chi connectivity index (χ0v) is 15.6. The molecule has 0 fully saturated rings. The van der Waals surface area contributed by atoms with Crippen LogP contribution in [0.4, 0.5) is 0 Å². The zero-order valence-electron chi connectivity index (χ0n) is 15.6. The predicted octanol–water partition coefficient (Wildman–Crippen LogP) is 3.59. The Morgan fingerprint density at radius 3 is 2.89 bits per heavy atom. The van der Waals surface area contributed by atoms with Crippen LogP contribution in [0.2, 0.25) is 0 Å². The standard InChI is InChI=1S/C22H21N3O3/c1-28-20-12-14(10-11-19(20)26)13-23-25-22(27)21-15-6-2-4-8-17(15)24-18-9-5-3-7-16(18)21/h2,4,6,8,10-13,26H,3,5,7,9H2,1H3,(H,25,27)/b23-13+. The van der Waals surface area contributed by atoms with Crippen LogP contribution >= 0.6 is 0 Å². The van der Waals surface area contributed by atoms with Gasteiger partial charge >= 0.3 is 0 Å². The number of ether oxygens (including phenoxy) is 1. The van der Waals surface area contributed by atoms with E-state index in [9.17, 15) is 9.90 Å². The summed E-state index contributed by atoms with van der Waals surface area (Å²) in [6.45, 7) is 0. The van der Waals surface area contributed by atoms with Crippen LogP contribution in [0.3, 0.4) is 0 Å². The molecule has 6 nitrogen and oxygen atoms in total. The molecule has 3 aromatic rings. The fraction of sp³-hybridized carbons (Fsp3) is 0.227. The summed E-state index contributed by atoms with van der Waals surface area (Å²) in [7, 11) is 1.48. The van der Waals surface area contributed by atoms with Crippen LogP contribution in [0.1, 0.15) is 40.0 Å². The predicted molar refractivity (Wildman–Crippen MR) is 108 cm³/mol. The van der Waals surface area contributed by atoms with Crippen molar-refractivity contribution in [3.8, 4) is 11.5 Å². The summed E-state index contributed by atoms with van der Waals surface area (Å²) in [6.07, 6.45) is 5.44. The highest BCUT2D eigenvalue weighted by molar-refractivity contribution is 6.08. The van der Waals surface area contributed by atoms with Gasteiger partial charge in [-0.1, -0.05) is 18.2 Å². The van der Waals surface area contributed by atoms with E-state index in [4.69, 9.17) is 9.72 Å². The van der Waals surface area contributed by atoms with Gasteiger partial charge in [-0.3, -0.25) is 9.78 Å². The van der Waals surface area contributed by atoms with Crippen molar-refractivity contribution in [2.24, 2.45) is 5.10 Å². The molecular weight excluding hydrogens is 354 g/mol. The molecule has 1 aliphatic carbocycles. The van der Waals surface area contributed by atoms with Crippen molar-refractivity contribution in [1.82, 2.24) is 10.4 Å². The molecule has 1 aromatic heterocycles. The van der Waals surface area contributed by atoms with Crippen molar-refractivity contribution in [2.75, 3.05) is 7.11 Å². The molecule has 0 saturated carbocycles. The first kappa shape index (κ1) is 18.0. The Hall–Kier alpha value is -3.41. The fourth-order valence-corrected chi connectivity index (χ4v) is 3.63. The third-order valence-corrected chi connectivity index (χ3v) is 4.98. The van der Waals surface area contributed by atoms with E-state index in [2.05, 4.69) is 10.5 Å². The number of carbonyl (C=O) groups excluding carboxylic acids is 1. The number of rotatable bonds is 4. The highest BCUT2D eigenvalue weighted by atomic mass is 16.5. The Balaban J connectivity index is 1.64. The molecule has 1 heterocycles. The highest BCUT2D eigenvalue weighted by Gasteiger charge is 2.22. The topological polar surface area (TPSA) is 83.8 Å². The molecule has 1 amide bonds. The minimum absolute atomic E-state index is 0.0542. The number of hydrogen-bond donors (Lipinski definition) is 2. The second-order valence-electron chi connectivity index (χ2n) is 6.77. The molecule has 142 valence electrons. The minimum Gasteiger partial charge on any atom is -0.504 e. The minimum atomic E-state index is -0.237. The molecule has 0 atom stereocenters. The van der Waals surface area contributed by atoms with Crippen molar-refractivity contribution in [3.05, 3.63) is 64.8 Å². The summed E-state index contributed by atoms with van der Waals surface area (Å²) in [5.74, 6) is 0.168. The molecular formula is C22H21N3O3. The van der Waals surface area contributed by atoms with Crippen molar-refractivity contribution in [3.63, 3.8) is 0 Å². The first-order valence-corrected chi connectivity index (χ1v) is 9.28. The van der Waals surface area contributed by atoms with Gasteiger partial charge in [0, 0.05) is 11.1 Å². The number of pyridine rings is 1. The lowest BCUT2D eigenvalue weighted by Gasteiger charge is -2.19. The van der Waals surface area contributed by atoms with Gasteiger partial charge in [0.05, 0.1) is 24.4 Å². The summed E-state index contributed by atoms with van der Waals surface area (Å²) < 4.78 is 5.09. The number of hydrazone groups is 1. The second kappa shape index (κ2) is 7.68. The van der Waals surface area contributed by atoms with Gasteiger partial charge in [-0.25, -0.2) is 5.43 Å². The van der Waals surface area contributed by atoms with Gasteiger partial charge in [-0.15, -0.1) is 0 Å². The third kappa shape index (κ3) is 3.41. The highest BCUT2D eigenvalue weighted by Crippen LogP contribution is 2.29. The normalized spacial score (nSPS) is 13.5. The summed E-state index contributed by atoms with van der Waals surface area (Å²) in [4.78, 5) is 17.7. The molecule has 6 heteroatoms. The van der Waals surface area contributed by atoms with Crippen molar-refractivity contribution in [2.45, 2.75) is 25.7 Å². The summed E-state index contributed by atoms with van der Waals surface area (Å²) in [6, 6.07) is 12.6. The number of benzene rings is 2. The van der Waals surface area contributed by atoms with Crippen molar-refractivity contribution < 1.29 is 14.6 Å². The second-order valence-corrected chi connectivity index (χ2v) is 6.77. The Bertz CT molecular complexity index is 1080. The lowest BCUT2D eigenvalue weighted by Crippen LogP contribution is -2.22. The monoisotopic (exact) mass is 375 g/mol. The average molecular weight is 375 g/mol. The number of nitrogens with zero attached hydrogens (tertiary/aromatic N) is 2. The van der Waals surface area contributed by atoms with E-state index in [1.807, 2.05) is 24.3 Å². The van der Waals surface area contributed by atoms with Gasteiger partial charge in [0.25, 0.3) is 5.91 Å². The number of fused-ring (bicyclic) bond motifs is 2. The Morgan fingerprint density at radius 1 is 1.21 bits per heavy atom. The van der Waals surface area contributed by atoms with Gasteiger partial charge < -0.3 is 9.84 Å². The molecule has 2 N–H and O–H groups in total. The Labute approximate surface area is 162 Å². The summed E-state index contributed by atoms with van der Waals surface area (Å²) in [5, 5.41) is 14.6. The number of phenols is 1. The van der Waals surface area contributed by atoms with E-state index in [-0.39, 0.29) is 11.7 Å². The molecule has 1 aliphatic rings. The van der Waals surface area contributed by atoms with E-state index in [0.29, 0.717) is 16.9 Å². The molecule has 0 aliphatic heterocycles. The number of hydrogen-bond acceptors (Lipinski definition) is 5. The molecule has 2 aromatic carbocycles. The first-order chi connectivity index (χ1) is 13.7. The Kier molecular flexibility index (Phi) is 4.93. The number of aryl methyl sites for hydroxylation is 1. The summed E-state index contributed by atoms with van der Waals surface area (Å²) in [5.41, 5.74) is 6.90. The van der Waals surface area contributed by atoms with Crippen molar-refractivity contribution in [1.29, 1.82) is 0 Å². The van der Waals surface area contributed by atoms with Gasteiger partial charge in [-0.2, -0.15) is 5.10 Å². The fourth-order valence-electron chi connectivity index (χ4n) is 3.63. The third-order valence-electron chi connectivity index (χ3n) is 4.98. The number of aromatic nitrogens is 1. The van der Waals surface area contributed by atoms with Crippen molar-refractivity contribution >= 4 is 23.0 Å². The number of amides is 1. The van der Waals surface area contributed by atoms with Gasteiger partial charge in [0.15, 0.2) is 11.5 Å². The van der Waals surface area contributed by atoms with Gasteiger partial charge in [-0.05, 0) is 61.1 Å². The van der Waals surface area contributed by atoms with Crippen LogP contribution < -0.4 is 10.2 Å². The number of nitrogens with one attached hydrogen (secondary N) is 1. The molecule has 28 heavy (non-hydrogen) atoms. The average Bonchev–Trinajstić information content (AvgIpc) is 2.73. The van der Waals surface area contributed by atoms with Crippen LogP contribution in [-0.4, -0.2) is 29.3 Å². The molecule has 0 spiro atoms. The first-order valence-electron chi connectivity index (χ1n) is 9.28. The van der Waals surface area contributed by atoms with E-state index in [1.165, 1.54) is 19.4 Å². The van der Waals surface area contributed by atoms with Crippen LogP contribution in [0.15, 0.2) is 47.6 Å². The van der Waals surface area contributed by atoms with Gasteiger partial charge in [0.1, 0.15) is 0 Å².